The van der Waals surface area contributed by atoms with Gasteiger partial charge < -0.3 is 66.2 Å². The maximum Gasteiger partial charge on any atom is 1.00 e. The first-order valence-electron chi connectivity index (χ1n) is 40.1. The minimum Gasteiger partial charge on any atom is -0.507 e. The minimum atomic E-state index is -3.11. The first kappa shape index (κ1) is 102. The zero-order valence-electron chi connectivity index (χ0n) is 73.8. The molecule has 0 spiro atoms. The Bertz CT molecular complexity index is 4800. The fourth-order valence-corrected chi connectivity index (χ4v) is 16.0. The van der Waals surface area contributed by atoms with Gasteiger partial charge in [0.2, 0.25) is 11.3 Å². The van der Waals surface area contributed by atoms with Crippen LogP contribution in [-0.4, -0.2) is 149 Å². The molecule has 27 heteroatoms. The van der Waals surface area contributed by atoms with Crippen LogP contribution in [0.2, 0.25) is 0 Å². The summed E-state index contributed by atoms with van der Waals surface area (Å²) >= 11 is 9.94. The van der Waals surface area contributed by atoms with Crippen molar-refractivity contribution < 1.29 is 132 Å². The Morgan fingerprint density at radius 3 is 1.13 bits per heavy atom. The number of nitrogens with one attached hydrogen (secondary N) is 3. The number of carboxylic acids is 1. The summed E-state index contributed by atoms with van der Waals surface area (Å²) in [7, 11) is -3.11. The summed E-state index contributed by atoms with van der Waals surface area (Å²) in [5.74, 6) is 3.05. The van der Waals surface area contributed by atoms with Crippen LogP contribution in [-0.2, 0) is 66.3 Å². The van der Waals surface area contributed by atoms with Crippen LogP contribution in [0.4, 0.5) is 11.4 Å². The number of hydrogen-bond donors (Lipinski definition) is 9. The van der Waals surface area contributed by atoms with Crippen molar-refractivity contribution in [2.24, 2.45) is 10.7 Å². The summed E-state index contributed by atoms with van der Waals surface area (Å²) in [6.07, 6.45) is 8.75. The van der Waals surface area contributed by atoms with E-state index in [1.165, 1.54) is 33.8 Å². The third kappa shape index (κ3) is 23.1. The summed E-state index contributed by atoms with van der Waals surface area (Å²) in [5, 5.41) is 61.8. The molecule has 6 aromatic carbocycles. The number of fused-ring (bicyclic) bond motifs is 6. The van der Waals surface area contributed by atoms with Crippen molar-refractivity contribution in [3.63, 3.8) is 0 Å². The van der Waals surface area contributed by atoms with Crippen molar-refractivity contribution >= 4 is 105 Å². The SMILES string of the molecule is CC1=Nc2cc[c-]cc2C1(C)C.CC1=[N+](CCCNC(=O)C2(C)CCc3c(C)c(O)c(C)c(C)c3O2)c2ccc(C)cc2C1(C)C.Cc1c(C)c2c(c(C)c1O)CCC(C)(C(=O)NCCCBr)O2.Cc1c(C)c2c(c(C)c1O)CCC(C)(C(=O)NCCCBr)O2.Cc1c(C)c2c(c(C)c1O)CCC(C)(C(=O)O)O2.NCCCBr.O=S(=O)=O.[K+]. The quantitative estimate of drug-likeness (QED) is 0.0143. The standard InChI is InChI=1S/C29H38N2O3.2C17H24BrNO3.C14H18O4.C11H12N.C3H8BrN.K.O3S/c1-17-10-11-24-23(16-17)28(6,7)21(5)31(24)15-9-14-30-27(33)29(8)13-12-22-20(4)25(32)18(2)19(3)26(22)34-29;2*1-10-11(2)15-13(12(3)14(10)20)6-7-17(4,22-15)16(21)19-9-5-8-18;1-7-8(2)12-10(9(3)11(7)15)5-6-14(4,18-12)13(16)17;1-8-11(2,3)9-6-4-5-7-10(9)12-8;4-2-1-3-5;;1-4(2)3/h10-11,16H,9,12-15H2,1-8H3,(H-,30,32,33);2*20H,5-9H2,1-4H3,(H,19,21);15H,5-6H2,1-4H3,(H,16,17);5-7H,1-3H3;1-3,5H2;;/q;;;;-1;;+1;/p+1. The summed E-state index contributed by atoms with van der Waals surface area (Å²) in [5.41, 5.74) is 24.5. The van der Waals surface area contributed by atoms with Gasteiger partial charge in [0.1, 0.15) is 46.0 Å². The Hall–Kier alpha value is -6.40. The molecule has 6 aliphatic rings. The van der Waals surface area contributed by atoms with Gasteiger partial charge in [0.15, 0.2) is 29.1 Å². The monoisotopic (exact) mass is 1870 g/mol. The van der Waals surface area contributed by atoms with Crippen LogP contribution in [0.3, 0.4) is 0 Å². The molecule has 4 unspecified atom stereocenters. The molecule has 12 rings (SSSR count). The predicted octanol–water partition coefficient (Wildman–Crippen LogP) is 14.0. The molecule has 642 valence electrons. The molecule has 0 fully saturated rings. The van der Waals surface area contributed by atoms with Gasteiger partial charge in [-0.3, -0.25) is 19.4 Å². The summed E-state index contributed by atoms with van der Waals surface area (Å²) in [6.45, 7) is 48.8. The van der Waals surface area contributed by atoms with Crippen molar-refractivity contribution in [2.75, 3.05) is 48.7 Å². The maximum atomic E-state index is 13.2. The van der Waals surface area contributed by atoms with Crippen LogP contribution in [0.1, 0.15) is 226 Å². The zero-order chi connectivity index (χ0) is 88.1. The second kappa shape index (κ2) is 43.1. The number of halogens is 3. The number of carbonyl (C=O) groups excluding carboxylic acids is 3. The molecular weight excluding hydrogens is 1740 g/mol. The normalized spacial score (nSPS) is 19.3. The Labute approximate surface area is 768 Å². The Morgan fingerprint density at radius 1 is 0.483 bits per heavy atom. The summed E-state index contributed by atoms with van der Waals surface area (Å²) in [6, 6.07) is 15.8. The third-order valence-electron chi connectivity index (χ3n) is 24.5. The molecule has 10 N–H and O–H groups in total. The smallest absolute Gasteiger partial charge is 0.507 e. The van der Waals surface area contributed by atoms with Gasteiger partial charge in [-0.1, -0.05) is 73.3 Å². The van der Waals surface area contributed by atoms with Crippen molar-refractivity contribution in [3.8, 4) is 46.0 Å². The molecule has 0 saturated heterocycles. The Balaban J connectivity index is 0.000000263. The number of nitrogens with two attached hydrogens (primary N) is 1. The van der Waals surface area contributed by atoms with Crippen molar-refractivity contribution in [1.82, 2.24) is 16.0 Å². The number of ether oxygens (including phenoxy) is 4. The van der Waals surface area contributed by atoms with Gasteiger partial charge in [-0.15, -0.1) is 24.3 Å². The fraction of sp³-hybridized carbons (Fsp3) is 0.538. The first-order valence-corrected chi connectivity index (χ1v) is 44.5. The number of aliphatic carboxylic acids is 1. The van der Waals surface area contributed by atoms with E-state index in [2.05, 4.69) is 146 Å². The number of aryl methyl sites for hydroxylation is 1. The van der Waals surface area contributed by atoms with Gasteiger partial charge >= 0.3 is 68.0 Å². The van der Waals surface area contributed by atoms with E-state index in [-0.39, 0.29) is 85.7 Å². The van der Waals surface area contributed by atoms with Crippen LogP contribution in [0.25, 0.3) is 0 Å². The van der Waals surface area contributed by atoms with Gasteiger partial charge in [-0.25, -0.2) is 4.79 Å². The molecule has 118 heavy (non-hydrogen) atoms. The fourth-order valence-electron chi connectivity index (χ4n) is 15.2. The van der Waals surface area contributed by atoms with E-state index in [4.69, 9.17) is 37.3 Å². The third-order valence-corrected chi connectivity index (χ3v) is 26.2. The number of aromatic hydroxyl groups is 4. The van der Waals surface area contributed by atoms with E-state index >= 15 is 0 Å². The molecule has 6 heterocycles. The summed E-state index contributed by atoms with van der Waals surface area (Å²) < 4.78 is 52.0. The van der Waals surface area contributed by atoms with Gasteiger partial charge in [-0.2, -0.15) is 22.8 Å². The van der Waals surface area contributed by atoms with Crippen LogP contribution in [0.15, 0.2) is 41.4 Å². The molecule has 6 aliphatic heterocycles. The number of rotatable bonds is 16. The number of amides is 3. The van der Waals surface area contributed by atoms with E-state index in [9.17, 15) is 44.7 Å². The van der Waals surface area contributed by atoms with E-state index in [1.54, 1.807) is 6.92 Å². The number of aliphatic imine (C=N–C) groups is 1. The molecule has 0 bridgehead atoms. The molecule has 22 nitrogen and oxygen atoms in total. The largest absolute Gasteiger partial charge is 1.00 e. The molecule has 0 aromatic heterocycles. The van der Waals surface area contributed by atoms with Gasteiger partial charge in [0, 0.05) is 114 Å². The number of hydrogen-bond acceptors (Lipinski definition) is 17. The molecular formula is C91H125Br3KN6O16S+. The van der Waals surface area contributed by atoms with Crippen LogP contribution in [0.5, 0.6) is 46.0 Å². The number of carbonyl (C=O) groups is 4. The Kier molecular flexibility index (Phi) is 37.3. The van der Waals surface area contributed by atoms with Gasteiger partial charge in [-0.05, 0) is 274 Å². The van der Waals surface area contributed by atoms with Gasteiger partial charge in [0.25, 0.3) is 17.7 Å². The van der Waals surface area contributed by atoms with E-state index in [1.807, 2.05) is 122 Å². The average Bonchev–Trinajstić information content (AvgIpc) is 1.39. The molecule has 0 aliphatic carbocycles. The molecule has 4 atom stereocenters. The van der Waals surface area contributed by atoms with E-state index in [0.29, 0.717) is 81.2 Å². The van der Waals surface area contributed by atoms with Crippen molar-refractivity contribution in [3.05, 3.63) is 148 Å². The zero-order valence-corrected chi connectivity index (χ0v) is 82.5. The number of phenolic OH excluding ortho intramolecular Hbond substituents is 4. The summed E-state index contributed by atoms with van der Waals surface area (Å²) in [4.78, 5) is 53.8. The Morgan fingerprint density at radius 2 is 0.814 bits per heavy atom. The van der Waals surface area contributed by atoms with Crippen molar-refractivity contribution in [2.45, 2.75) is 270 Å². The van der Waals surface area contributed by atoms with Crippen molar-refractivity contribution in [1.29, 1.82) is 0 Å². The predicted molar refractivity (Wildman–Crippen MR) is 475 cm³/mol. The van der Waals surface area contributed by atoms with E-state index in [0.717, 1.165) is 180 Å². The second-order valence-corrected chi connectivity index (χ2v) is 35.9. The topological polar surface area (TPSA) is 335 Å². The molecule has 6 aromatic rings. The maximum absolute atomic E-state index is 13.2. The molecule has 3 amide bonds. The number of nitrogens with zero attached hydrogens (tertiary/aromatic N) is 2. The second-order valence-electron chi connectivity index (χ2n) is 33.2. The van der Waals surface area contributed by atoms with Crippen LogP contribution in [0, 0.1) is 96.1 Å². The number of phenols is 4. The number of benzene rings is 6. The van der Waals surface area contributed by atoms with Crippen LogP contribution >= 0.6 is 47.8 Å². The van der Waals surface area contributed by atoms with Crippen LogP contribution < -0.4 is 92.0 Å². The first-order chi connectivity index (χ1) is 54.6. The molecule has 0 radical (unpaired) electrons. The minimum absolute atomic E-state index is 0. The van der Waals surface area contributed by atoms with E-state index < -0.39 is 39.0 Å². The molecule has 0 saturated carbocycles. The van der Waals surface area contributed by atoms with Gasteiger partial charge in [0.05, 0.1) is 5.41 Å². The number of alkyl halides is 3. The average molecular weight is 1870 g/mol. The number of carboxylic acid groups (broad SMARTS) is 1.